The molecule has 3 nitrogen and oxygen atoms in total. The number of unbranched alkanes of at least 4 members (excludes halogenated alkanes) is 10. The van der Waals surface area contributed by atoms with Crippen LogP contribution in [-0.4, -0.2) is 31.7 Å². The minimum absolute atomic E-state index is 0.233. The third-order valence-electron chi connectivity index (χ3n) is 3.75. The molecular weight excluding hydrogens is 274 g/mol. The Hall–Kier alpha value is -0.990. The van der Waals surface area contributed by atoms with Crippen LogP contribution in [0.15, 0.2) is 12.2 Å². The Labute approximate surface area is 138 Å². The minimum atomic E-state index is -0.233. The normalized spacial score (nSPS) is 11.0. The molecule has 0 bridgehead atoms. The fourth-order valence-corrected chi connectivity index (χ4v) is 2.27. The Morgan fingerprint density at radius 2 is 1.32 bits per heavy atom. The van der Waals surface area contributed by atoms with Crippen molar-refractivity contribution in [3.8, 4) is 0 Å². The number of rotatable bonds is 14. The summed E-state index contributed by atoms with van der Waals surface area (Å²) in [6.07, 6.45) is 19.7. The topological polar surface area (TPSA) is 29.5 Å². The molecule has 1 amide bonds. The van der Waals surface area contributed by atoms with Crippen LogP contribution in [0.5, 0.6) is 0 Å². The van der Waals surface area contributed by atoms with Crippen LogP contribution in [-0.2, 0) is 4.74 Å². The van der Waals surface area contributed by atoms with Gasteiger partial charge in [-0.05, 0) is 25.7 Å². The van der Waals surface area contributed by atoms with Gasteiger partial charge in [-0.3, -0.25) is 0 Å². The van der Waals surface area contributed by atoms with Crippen molar-refractivity contribution in [2.75, 3.05) is 20.7 Å². The van der Waals surface area contributed by atoms with E-state index in [9.17, 15) is 4.79 Å². The van der Waals surface area contributed by atoms with Crippen LogP contribution in [0.3, 0.4) is 0 Å². The van der Waals surface area contributed by atoms with Crippen LogP contribution in [0.25, 0.3) is 0 Å². The number of ether oxygens (including phenoxy) is 1. The zero-order chi connectivity index (χ0) is 16.5. The van der Waals surface area contributed by atoms with Gasteiger partial charge in [0.15, 0.2) is 0 Å². The molecule has 0 fully saturated rings. The molecule has 0 saturated heterocycles. The Kier molecular flexibility index (Phi) is 15.6. The number of hydrogen-bond acceptors (Lipinski definition) is 2. The van der Waals surface area contributed by atoms with Gasteiger partial charge in [0, 0.05) is 14.1 Å². The van der Waals surface area contributed by atoms with E-state index in [-0.39, 0.29) is 6.09 Å². The average Bonchev–Trinajstić information content (AvgIpc) is 2.50. The summed E-state index contributed by atoms with van der Waals surface area (Å²) in [6.45, 7) is 2.80. The first-order valence-electron chi connectivity index (χ1n) is 9.17. The van der Waals surface area contributed by atoms with E-state index in [1.165, 1.54) is 75.5 Å². The molecule has 0 aromatic carbocycles. The zero-order valence-electron chi connectivity index (χ0n) is 15.1. The first-order valence-corrected chi connectivity index (χ1v) is 9.17. The summed E-state index contributed by atoms with van der Waals surface area (Å²) in [7, 11) is 3.42. The quantitative estimate of drug-likeness (QED) is 0.293. The second kappa shape index (κ2) is 16.4. The lowest BCUT2D eigenvalue weighted by atomic mass is 10.1. The highest BCUT2D eigenvalue weighted by molar-refractivity contribution is 5.66. The third-order valence-corrected chi connectivity index (χ3v) is 3.75. The van der Waals surface area contributed by atoms with Gasteiger partial charge in [0.25, 0.3) is 0 Å². The lowest BCUT2D eigenvalue weighted by molar-refractivity contribution is 0.116. The lowest BCUT2D eigenvalue weighted by Crippen LogP contribution is -2.23. The van der Waals surface area contributed by atoms with Crippen molar-refractivity contribution in [2.24, 2.45) is 0 Å². The summed E-state index contributed by atoms with van der Waals surface area (Å²) in [5.41, 5.74) is 0. The number of carbonyl (C=O) groups excluding carboxylic acids is 1. The summed E-state index contributed by atoms with van der Waals surface area (Å²) in [6, 6.07) is 0. The van der Waals surface area contributed by atoms with Crippen molar-refractivity contribution < 1.29 is 9.53 Å². The van der Waals surface area contributed by atoms with Crippen LogP contribution in [0, 0.1) is 0 Å². The molecule has 0 aliphatic heterocycles. The van der Waals surface area contributed by atoms with Crippen molar-refractivity contribution in [1.82, 2.24) is 4.90 Å². The fraction of sp³-hybridized carbons (Fsp3) is 0.842. The van der Waals surface area contributed by atoms with Crippen LogP contribution in [0.2, 0.25) is 0 Å². The van der Waals surface area contributed by atoms with Crippen molar-refractivity contribution in [1.29, 1.82) is 0 Å². The summed E-state index contributed by atoms with van der Waals surface area (Å²) in [5, 5.41) is 0. The van der Waals surface area contributed by atoms with E-state index in [0.29, 0.717) is 6.61 Å². The Balaban J connectivity index is 3.11. The monoisotopic (exact) mass is 311 g/mol. The highest BCUT2D eigenvalue weighted by Gasteiger charge is 2.02. The minimum Gasteiger partial charge on any atom is -0.449 e. The van der Waals surface area contributed by atoms with Gasteiger partial charge in [0.05, 0.1) is 6.61 Å². The second-order valence-corrected chi connectivity index (χ2v) is 6.24. The van der Waals surface area contributed by atoms with Crippen LogP contribution < -0.4 is 0 Å². The highest BCUT2D eigenvalue weighted by Crippen LogP contribution is 2.10. The van der Waals surface area contributed by atoms with E-state index >= 15 is 0 Å². The molecule has 22 heavy (non-hydrogen) atoms. The molecule has 0 N–H and O–H groups in total. The SMILES string of the molecule is CCCC/C=C\CCCCCCCCCCOC(=O)N(C)C. The molecule has 0 spiro atoms. The third kappa shape index (κ3) is 15.4. The van der Waals surface area contributed by atoms with Crippen molar-refractivity contribution in [3.63, 3.8) is 0 Å². The number of amides is 1. The molecule has 0 aromatic heterocycles. The number of carbonyl (C=O) groups is 1. The van der Waals surface area contributed by atoms with E-state index < -0.39 is 0 Å². The van der Waals surface area contributed by atoms with Gasteiger partial charge in [-0.15, -0.1) is 0 Å². The van der Waals surface area contributed by atoms with E-state index in [4.69, 9.17) is 4.74 Å². The van der Waals surface area contributed by atoms with Gasteiger partial charge in [-0.25, -0.2) is 4.79 Å². The van der Waals surface area contributed by atoms with Gasteiger partial charge in [0.2, 0.25) is 0 Å². The summed E-state index contributed by atoms with van der Waals surface area (Å²) >= 11 is 0. The molecule has 0 unspecified atom stereocenters. The molecule has 0 saturated carbocycles. The second-order valence-electron chi connectivity index (χ2n) is 6.24. The zero-order valence-corrected chi connectivity index (χ0v) is 15.1. The molecule has 3 heteroatoms. The Morgan fingerprint density at radius 3 is 1.86 bits per heavy atom. The van der Waals surface area contributed by atoms with Gasteiger partial charge in [-0.2, -0.15) is 0 Å². The maximum Gasteiger partial charge on any atom is 0.409 e. The van der Waals surface area contributed by atoms with E-state index in [2.05, 4.69) is 19.1 Å². The molecular formula is C19H37NO2. The molecule has 130 valence electrons. The first-order chi connectivity index (χ1) is 10.7. The maximum absolute atomic E-state index is 11.2. The van der Waals surface area contributed by atoms with Gasteiger partial charge in [0.1, 0.15) is 0 Å². The van der Waals surface area contributed by atoms with Crippen molar-refractivity contribution in [3.05, 3.63) is 12.2 Å². The molecule has 0 radical (unpaired) electrons. The van der Waals surface area contributed by atoms with Gasteiger partial charge < -0.3 is 9.64 Å². The maximum atomic E-state index is 11.2. The van der Waals surface area contributed by atoms with Gasteiger partial charge in [-0.1, -0.05) is 70.4 Å². The fourth-order valence-electron chi connectivity index (χ4n) is 2.27. The summed E-state index contributed by atoms with van der Waals surface area (Å²) in [4.78, 5) is 12.6. The predicted octanol–water partition coefficient (Wildman–Crippen LogP) is 5.94. The number of nitrogens with zero attached hydrogens (tertiary/aromatic N) is 1. The van der Waals surface area contributed by atoms with Crippen LogP contribution in [0.1, 0.15) is 84.0 Å². The van der Waals surface area contributed by atoms with Crippen molar-refractivity contribution >= 4 is 6.09 Å². The molecule has 0 rings (SSSR count). The smallest absolute Gasteiger partial charge is 0.409 e. The molecule has 0 aliphatic rings. The van der Waals surface area contributed by atoms with E-state index in [1.807, 2.05) is 0 Å². The first kappa shape index (κ1) is 21.0. The number of allylic oxidation sites excluding steroid dienone is 2. The van der Waals surface area contributed by atoms with E-state index in [0.717, 1.165) is 6.42 Å². The largest absolute Gasteiger partial charge is 0.449 e. The van der Waals surface area contributed by atoms with Crippen LogP contribution >= 0.6 is 0 Å². The molecule has 0 aromatic rings. The summed E-state index contributed by atoms with van der Waals surface area (Å²) < 4.78 is 5.09. The summed E-state index contributed by atoms with van der Waals surface area (Å²) in [5.74, 6) is 0. The average molecular weight is 312 g/mol. The van der Waals surface area contributed by atoms with Gasteiger partial charge >= 0.3 is 6.09 Å². The van der Waals surface area contributed by atoms with Crippen molar-refractivity contribution in [2.45, 2.75) is 84.0 Å². The van der Waals surface area contributed by atoms with Crippen LogP contribution in [0.4, 0.5) is 4.79 Å². The molecule has 0 heterocycles. The number of hydrogen-bond donors (Lipinski definition) is 0. The Bertz CT molecular complexity index is 275. The molecule has 0 aliphatic carbocycles. The lowest BCUT2D eigenvalue weighted by Gasteiger charge is -2.10. The Morgan fingerprint density at radius 1 is 0.818 bits per heavy atom. The highest BCUT2D eigenvalue weighted by atomic mass is 16.6. The van der Waals surface area contributed by atoms with E-state index in [1.54, 1.807) is 14.1 Å². The standard InChI is InChI=1S/C19H37NO2/c1-4-5-6-7-8-9-10-11-12-13-14-15-16-17-18-22-19(21)20(2)3/h7-8H,4-6,9-18H2,1-3H3/b8-7-. The predicted molar refractivity (Wildman–Crippen MR) is 95.3 cm³/mol. The molecule has 0 atom stereocenters.